The van der Waals surface area contributed by atoms with E-state index in [0.717, 1.165) is 31.7 Å². The Kier molecular flexibility index (Phi) is 5.17. The molecule has 1 fully saturated rings. The molecule has 0 amide bonds. The molecule has 1 saturated heterocycles. The number of rotatable bonds is 4. The normalized spacial score (nSPS) is 15.4. The lowest BCUT2D eigenvalue weighted by atomic mass is 10.1. The van der Waals surface area contributed by atoms with Gasteiger partial charge in [-0.15, -0.1) is 0 Å². The van der Waals surface area contributed by atoms with E-state index in [-0.39, 0.29) is 6.04 Å². The molecular weight excluding hydrogens is 388 g/mol. The summed E-state index contributed by atoms with van der Waals surface area (Å²) in [4.78, 5) is 45.8. The first-order chi connectivity index (χ1) is 14.4. The SMILES string of the molecule is COC(=O)c1ccc(C(C)n2c(N3CCNCC3)nc3c2c(=O)[nH]c(=O)n3C)cc1. The molecule has 1 aliphatic rings. The van der Waals surface area contributed by atoms with E-state index in [2.05, 4.69) is 15.2 Å². The Morgan fingerprint density at radius 1 is 1.17 bits per heavy atom. The zero-order chi connectivity index (χ0) is 21.4. The van der Waals surface area contributed by atoms with Gasteiger partial charge in [0.15, 0.2) is 11.2 Å². The Labute approximate surface area is 172 Å². The second kappa shape index (κ2) is 7.79. The van der Waals surface area contributed by atoms with Crippen LogP contribution < -0.4 is 21.5 Å². The number of anilines is 1. The molecule has 2 N–H and O–H groups in total. The van der Waals surface area contributed by atoms with Crippen LogP contribution in [0, 0.1) is 0 Å². The van der Waals surface area contributed by atoms with Crippen molar-refractivity contribution in [1.29, 1.82) is 0 Å². The van der Waals surface area contributed by atoms with E-state index in [1.807, 2.05) is 23.6 Å². The third kappa shape index (κ3) is 3.28. The van der Waals surface area contributed by atoms with Crippen LogP contribution in [0.1, 0.15) is 28.9 Å². The number of hydrogen-bond donors (Lipinski definition) is 2. The third-order valence-electron chi connectivity index (χ3n) is 5.53. The predicted octanol–water partition coefficient (Wildman–Crippen LogP) is 0.229. The van der Waals surface area contributed by atoms with E-state index in [9.17, 15) is 14.4 Å². The fraction of sp³-hybridized carbons (Fsp3) is 0.400. The number of esters is 1. The molecule has 1 aromatic carbocycles. The van der Waals surface area contributed by atoms with Crippen molar-refractivity contribution in [1.82, 2.24) is 24.4 Å². The zero-order valence-corrected chi connectivity index (χ0v) is 17.1. The van der Waals surface area contributed by atoms with Crippen molar-refractivity contribution in [3.05, 3.63) is 56.2 Å². The molecule has 1 unspecified atom stereocenters. The first kappa shape index (κ1) is 19.9. The van der Waals surface area contributed by atoms with Gasteiger partial charge < -0.3 is 15.0 Å². The van der Waals surface area contributed by atoms with Gasteiger partial charge in [0.1, 0.15) is 0 Å². The van der Waals surface area contributed by atoms with Gasteiger partial charge >= 0.3 is 11.7 Å². The number of aromatic nitrogens is 4. The number of carbonyl (C=O) groups excluding carboxylic acids is 1. The minimum absolute atomic E-state index is 0.259. The van der Waals surface area contributed by atoms with Gasteiger partial charge in [-0.3, -0.25) is 18.9 Å². The van der Waals surface area contributed by atoms with Crippen LogP contribution in [0.2, 0.25) is 0 Å². The zero-order valence-electron chi connectivity index (χ0n) is 17.1. The molecule has 3 aromatic rings. The largest absolute Gasteiger partial charge is 0.465 e. The number of nitrogens with zero attached hydrogens (tertiary/aromatic N) is 4. The summed E-state index contributed by atoms with van der Waals surface area (Å²) in [6.07, 6.45) is 0. The van der Waals surface area contributed by atoms with Gasteiger partial charge in [-0.05, 0) is 24.6 Å². The van der Waals surface area contributed by atoms with Crippen LogP contribution in [0.15, 0.2) is 33.9 Å². The molecule has 10 heteroatoms. The molecule has 158 valence electrons. The Balaban J connectivity index is 1.89. The van der Waals surface area contributed by atoms with Crippen molar-refractivity contribution in [2.24, 2.45) is 7.05 Å². The van der Waals surface area contributed by atoms with E-state index in [0.29, 0.717) is 22.7 Å². The average Bonchev–Trinajstić information content (AvgIpc) is 3.18. The van der Waals surface area contributed by atoms with Crippen LogP contribution >= 0.6 is 0 Å². The van der Waals surface area contributed by atoms with E-state index >= 15 is 0 Å². The Morgan fingerprint density at radius 2 is 1.83 bits per heavy atom. The van der Waals surface area contributed by atoms with Gasteiger partial charge in [-0.25, -0.2) is 9.59 Å². The smallest absolute Gasteiger partial charge is 0.337 e. The lowest BCUT2D eigenvalue weighted by Gasteiger charge is -2.30. The standard InChI is InChI=1S/C20H24N6O4/c1-12(13-4-6-14(7-5-13)18(28)30-3)26-15-16(24(2)20(29)23-17(15)27)22-19(26)25-10-8-21-9-11-25/h4-7,12,21H,8-11H2,1-3H3,(H,23,27,29). The maximum Gasteiger partial charge on any atom is 0.337 e. The fourth-order valence-electron chi connectivity index (χ4n) is 3.81. The summed E-state index contributed by atoms with van der Waals surface area (Å²) >= 11 is 0. The molecule has 1 aliphatic heterocycles. The summed E-state index contributed by atoms with van der Waals surface area (Å²) in [5.41, 5.74) is 1.06. The highest BCUT2D eigenvalue weighted by molar-refractivity contribution is 5.89. The first-order valence-electron chi connectivity index (χ1n) is 9.77. The average molecular weight is 412 g/mol. The van der Waals surface area contributed by atoms with Gasteiger partial charge in [-0.2, -0.15) is 4.98 Å². The van der Waals surface area contributed by atoms with Crippen molar-refractivity contribution in [2.75, 3.05) is 38.2 Å². The number of H-pyrrole nitrogens is 1. The summed E-state index contributed by atoms with van der Waals surface area (Å²) in [6, 6.07) is 6.80. The van der Waals surface area contributed by atoms with Crippen LogP contribution in [0.4, 0.5) is 5.95 Å². The van der Waals surface area contributed by atoms with Crippen molar-refractivity contribution in [3.63, 3.8) is 0 Å². The highest BCUT2D eigenvalue weighted by Gasteiger charge is 2.26. The van der Waals surface area contributed by atoms with E-state index < -0.39 is 17.2 Å². The number of ether oxygens (including phenoxy) is 1. The molecule has 3 heterocycles. The van der Waals surface area contributed by atoms with Gasteiger partial charge in [0, 0.05) is 33.2 Å². The van der Waals surface area contributed by atoms with E-state index in [1.165, 1.54) is 11.7 Å². The number of aryl methyl sites for hydroxylation is 1. The summed E-state index contributed by atoms with van der Waals surface area (Å²) in [5, 5.41) is 3.31. The maximum atomic E-state index is 12.8. The molecular formula is C20H24N6O4. The monoisotopic (exact) mass is 412 g/mol. The molecule has 0 radical (unpaired) electrons. The maximum absolute atomic E-state index is 12.8. The number of methoxy groups -OCH3 is 1. The quantitative estimate of drug-likeness (QED) is 0.590. The minimum Gasteiger partial charge on any atom is -0.465 e. The van der Waals surface area contributed by atoms with E-state index in [1.54, 1.807) is 19.2 Å². The lowest BCUT2D eigenvalue weighted by Crippen LogP contribution is -2.44. The van der Waals surface area contributed by atoms with Crippen molar-refractivity contribution in [3.8, 4) is 0 Å². The molecule has 30 heavy (non-hydrogen) atoms. The fourth-order valence-corrected chi connectivity index (χ4v) is 3.81. The van der Waals surface area contributed by atoms with Crippen LogP contribution in [-0.4, -0.2) is 58.4 Å². The number of nitrogens with one attached hydrogen (secondary N) is 2. The first-order valence-corrected chi connectivity index (χ1v) is 9.77. The van der Waals surface area contributed by atoms with Crippen LogP contribution in [0.5, 0.6) is 0 Å². The summed E-state index contributed by atoms with van der Waals surface area (Å²) in [6.45, 7) is 5.05. The molecule has 2 aromatic heterocycles. The number of carbonyl (C=O) groups is 1. The van der Waals surface area contributed by atoms with E-state index in [4.69, 9.17) is 9.72 Å². The summed E-state index contributed by atoms with van der Waals surface area (Å²) < 4.78 is 7.98. The summed E-state index contributed by atoms with van der Waals surface area (Å²) in [5.74, 6) is 0.234. The Bertz CT molecular complexity index is 1200. The summed E-state index contributed by atoms with van der Waals surface area (Å²) in [7, 11) is 2.93. The molecule has 0 spiro atoms. The Morgan fingerprint density at radius 3 is 2.47 bits per heavy atom. The minimum atomic E-state index is -0.501. The van der Waals surface area contributed by atoms with Gasteiger partial charge in [0.25, 0.3) is 5.56 Å². The number of aromatic amines is 1. The molecule has 0 aliphatic carbocycles. The number of imidazole rings is 1. The highest BCUT2D eigenvalue weighted by atomic mass is 16.5. The van der Waals surface area contributed by atoms with Gasteiger partial charge in [-0.1, -0.05) is 12.1 Å². The third-order valence-corrected chi connectivity index (χ3v) is 5.53. The van der Waals surface area contributed by atoms with Crippen LogP contribution in [0.25, 0.3) is 11.2 Å². The Hall–Kier alpha value is -3.40. The van der Waals surface area contributed by atoms with Crippen molar-refractivity contribution >= 4 is 23.1 Å². The topological polar surface area (TPSA) is 114 Å². The molecule has 0 bridgehead atoms. The molecule has 10 nitrogen and oxygen atoms in total. The molecule has 0 saturated carbocycles. The van der Waals surface area contributed by atoms with Gasteiger partial charge in [0.05, 0.1) is 18.7 Å². The number of benzene rings is 1. The molecule has 4 rings (SSSR count). The van der Waals surface area contributed by atoms with Crippen molar-refractivity contribution < 1.29 is 9.53 Å². The second-order valence-corrected chi connectivity index (χ2v) is 7.30. The number of fused-ring (bicyclic) bond motifs is 1. The highest BCUT2D eigenvalue weighted by Crippen LogP contribution is 2.29. The predicted molar refractivity (Wildman–Crippen MR) is 112 cm³/mol. The second-order valence-electron chi connectivity index (χ2n) is 7.30. The molecule has 1 atom stereocenters. The van der Waals surface area contributed by atoms with Gasteiger partial charge in [0.2, 0.25) is 5.95 Å². The van der Waals surface area contributed by atoms with Crippen LogP contribution in [-0.2, 0) is 11.8 Å². The van der Waals surface area contributed by atoms with Crippen LogP contribution in [0.3, 0.4) is 0 Å². The lowest BCUT2D eigenvalue weighted by molar-refractivity contribution is 0.0600. The van der Waals surface area contributed by atoms with Crippen molar-refractivity contribution in [2.45, 2.75) is 13.0 Å². The number of piperazine rings is 1. The number of hydrogen-bond acceptors (Lipinski definition) is 7.